The van der Waals surface area contributed by atoms with Crippen molar-refractivity contribution in [2.45, 2.75) is 43.3 Å². The molecule has 98 valence electrons. The van der Waals surface area contributed by atoms with Gasteiger partial charge in [0.1, 0.15) is 6.17 Å². The number of sulfone groups is 3. The Morgan fingerprint density at radius 2 is 1.69 bits per heavy atom. The molecule has 2 unspecified atom stereocenters. The Hall–Kier alpha value is -0.210. The Balaban J connectivity index is 2.93. The normalized spacial score (nSPS) is 30.8. The predicted octanol–water partition coefficient (Wildman–Crippen LogP) is 1.91. The number of hydrogen-bond donors (Lipinski definition) is 0. The SMILES string of the molecule is O=S([O-])([O-])(CC(F)(F)F)C1CCCCC1F. The Morgan fingerprint density at radius 1 is 1.19 bits per heavy atom. The summed E-state index contributed by atoms with van der Waals surface area (Å²) < 4.78 is 83.1. The molecular weight excluding hydrogens is 252 g/mol. The van der Waals surface area contributed by atoms with E-state index in [0.29, 0.717) is 6.42 Å². The molecule has 0 aromatic carbocycles. The van der Waals surface area contributed by atoms with Crippen LogP contribution in [0.2, 0.25) is 0 Å². The van der Waals surface area contributed by atoms with E-state index in [4.69, 9.17) is 0 Å². The number of hydrogen-bond acceptors (Lipinski definition) is 3. The molecule has 0 saturated heterocycles. The number of alkyl halides is 4. The van der Waals surface area contributed by atoms with Gasteiger partial charge in [-0.2, -0.15) is 13.2 Å². The lowest BCUT2D eigenvalue weighted by Crippen LogP contribution is -2.56. The summed E-state index contributed by atoms with van der Waals surface area (Å²) in [6, 6.07) is 0. The van der Waals surface area contributed by atoms with E-state index in [0.717, 1.165) is 0 Å². The maximum absolute atomic E-state index is 13.2. The highest BCUT2D eigenvalue weighted by Crippen LogP contribution is 2.39. The molecule has 0 N–H and O–H groups in total. The second-order valence-corrected chi connectivity index (χ2v) is 7.03. The Bertz CT molecular complexity index is 322. The zero-order valence-electron chi connectivity index (χ0n) is 8.34. The molecule has 3 nitrogen and oxygen atoms in total. The van der Waals surface area contributed by atoms with Gasteiger partial charge in [-0.3, -0.25) is 0 Å². The molecule has 0 aromatic rings. The van der Waals surface area contributed by atoms with Gasteiger partial charge in [0.25, 0.3) is 0 Å². The van der Waals surface area contributed by atoms with Crippen LogP contribution in [-0.2, 0) is 9.63 Å². The van der Waals surface area contributed by atoms with Gasteiger partial charge in [0.05, 0.1) is 5.75 Å². The molecule has 0 bridgehead atoms. The van der Waals surface area contributed by atoms with Crippen molar-refractivity contribution in [2.24, 2.45) is 0 Å². The standard InChI is InChI=1S/C8H14F4O3S/c9-6-3-1-2-4-7(6)16(13,14,15)5-8(10,11)12/h6-7H,1-5H2,(H2,13,14,15)/p-2. The van der Waals surface area contributed by atoms with Gasteiger partial charge >= 0.3 is 6.18 Å². The van der Waals surface area contributed by atoms with Crippen LogP contribution in [0.5, 0.6) is 0 Å². The maximum atomic E-state index is 13.2. The second-order valence-electron chi connectivity index (χ2n) is 4.11. The van der Waals surface area contributed by atoms with Gasteiger partial charge in [-0.25, -0.2) is 14.0 Å². The van der Waals surface area contributed by atoms with Crippen LogP contribution in [0.3, 0.4) is 0 Å². The predicted molar refractivity (Wildman–Crippen MR) is 47.8 cm³/mol. The molecule has 8 heteroatoms. The van der Waals surface area contributed by atoms with E-state index in [-0.39, 0.29) is 19.3 Å². The Labute approximate surface area is 90.3 Å². The maximum Gasteiger partial charge on any atom is 0.396 e. The highest BCUT2D eigenvalue weighted by molar-refractivity contribution is 8.10. The molecule has 1 aliphatic carbocycles. The molecule has 0 heterocycles. The van der Waals surface area contributed by atoms with Gasteiger partial charge in [0.2, 0.25) is 0 Å². The highest BCUT2D eigenvalue weighted by atomic mass is 32.3. The molecular formula is C8H12F4O3S-2. The van der Waals surface area contributed by atoms with Crippen LogP contribution in [0.15, 0.2) is 0 Å². The average Bonchev–Trinajstić information content (AvgIpc) is 1.98. The van der Waals surface area contributed by atoms with Gasteiger partial charge in [-0.05, 0) is 12.8 Å². The molecule has 2 atom stereocenters. The van der Waals surface area contributed by atoms with E-state index in [1.54, 1.807) is 0 Å². The van der Waals surface area contributed by atoms with E-state index in [9.17, 15) is 30.9 Å². The lowest BCUT2D eigenvalue weighted by molar-refractivity contribution is -0.109. The molecule has 1 fully saturated rings. The van der Waals surface area contributed by atoms with Crippen molar-refractivity contribution in [1.29, 1.82) is 0 Å². The van der Waals surface area contributed by atoms with Crippen LogP contribution < -0.4 is 0 Å². The van der Waals surface area contributed by atoms with Gasteiger partial charge in [0, 0.05) is 5.25 Å². The fraction of sp³-hybridized carbons (Fsp3) is 1.00. The Kier molecular flexibility index (Phi) is 3.39. The lowest BCUT2D eigenvalue weighted by atomic mass is 9.98. The summed E-state index contributed by atoms with van der Waals surface area (Å²) in [5, 5.41) is -2.05. The van der Waals surface area contributed by atoms with Crippen LogP contribution in [0, 0.1) is 0 Å². The summed E-state index contributed by atoms with van der Waals surface area (Å²) in [5.41, 5.74) is 0. The molecule has 0 spiro atoms. The molecule has 0 aliphatic heterocycles. The molecule has 0 radical (unpaired) electrons. The minimum Gasteiger partial charge on any atom is -0.798 e. The van der Waals surface area contributed by atoms with Crippen LogP contribution in [0.4, 0.5) is 17.6 Å². The van der Waals surface area contributed by atoms with Crippen molar-refractivity contribution in [1.82, 2.24) is 0 Å². The third-order valence-electron chi connectivity index (χ3n) is 2.63. The van der Waals surface area contributed by atoms with E-state index >= 15 is 0 Å². The van der Waals surface area contributed by atoms with Gasteiger partial charge < -0.3 is 13.3 Å². The average molecular weight is 264 g/mol. The first kappa shape index (κ1) is 13.9. The first-order chi connectivity index (χ1) is 7.00. The summed E-state index contributed by atoms with van der Waals surface area (Å²) in [4.78, 5) is 0. The Morgan fingerprint density at radius 3 is 2.12 bits per heavy atom. The smallest absolute Gasteiger partial charge is 0.396 e. The third kappa shape index (κ3) is 3.39. The first-order valence-corrected chi connectivity index (χ1v) is 6.86. The minimum absolute atomic E-state index is 0.165. The largest absolute Gasteiger partial charge is 0.798 e. The second kappa shape index (κ2) is 3.92. The van der Waals surface area contributed by atoms with Gasteiger partial charge in [-0.15, -0.1) is 0 Å². The van der Waals surface area contributed by atoms with Crippen LogP contribution in [-0.4, -0.2) is 36.7 Å². The fourth-order valence-corrected chi connectivity index (χ4v) is 4.10. The summed E-state index contributed by atoms with van der Waals surface area (Å²) in [6.07, 6.45) is -6.93. The molecule has 16 heavy (non-hydrogen) atoms. The van der Waals surface area contributed by atoms with E-state index in [1.807, 2.05) is 0 Å². The van der Waals surface area contributed by atoms with Crippen molar-refractivity contribution in [2.75, 3.05) is 5.75 Å². The summed E-state index contributed by atoms with van der Waals surface area (Å²) in [7, 11) is -6.46. The zero-order valence-corrected chi connectivity index (χ0v) is 9.15. The number of rotatable bonds is 2. The summed E-state index contributed by atoms with van der Waals surface area (Å²) >= 11 is 0. The lowest BCUT2D eigenvalue weighted by Gasteiger charge is -2.62. The van der Waals surface area contributed by atoms with Crippen LogP contribution in [0.25, 0.3) is 0 Å². The molecule has 0 amide bonds. The highest BCUT2D eigenvalue weighted by Gasteiger charge is 2.41. The summed E-state index contributed by atoms with van der Waals surface area (Å²) in [5.74, 6) is -2.48. The number of halogens is 4. The monoisotopic (exact) mass is 264 g/mol. The minimum atomic E-state index is -6.46. The van der Waals surface area contributed by atoms with E-state index in [2.05, 4.69) is 0 Å². The first-order valence-electron chi connectivity index (χ1n) is 4.81. The summed E-state index contributed by atoms with van der Waals surface area (Å²) in [6.45, 7) is 0. The van der Waals surface area contributed by atoms with Crippen molar-refractivity contribution in [3.05, 3.63) is 0 Å². The van der Waals surface area contributed by atoms with Crippen molar-refractivity contribution in [3.63, 3.8) is 0 Å². The van der Waals surface area contributed by atoms with Crippen molar-refractivity contribution < 1.29 is 30.9 Å². The molecule has 1 aliphatic rings. The third-order valence-corrected chi connectivity index (χ3v) is 5.18. The van der Waals surface area contributed by atoms with Gasteiger partial charge in [-0.1, -0.05) is 12.8 Å². The van der Waals surface area contributed by atoms with Crippen molar-refractivity contribution >= 4 is 9.63 Å². The van der Waals surface area contributed by atoms with Gasteiger partial charge in [0.15, 0.2) is 0 Å². The van der Waals surface area contributed by atoms with Crippen LogP contribution in [0.1, 0.15) is 25.7 Å². The zero-order chi connectivity index (χ0) is 12.6. The quantitative estimate of drug-likeness (QED) is 0.716. The van der Waals surface area contributed by atoms with E-state index in [1.165, 1.54) is 0 Å². The van der Waals surface area contributed by atoms with E-state index < -0.39 is 33.0 Å². The molecule has 0 aromatic heterocycles. The fourth-order valence-electron chi connectivity index (χ4n) is 1.97. The molecule has 1 rings (SSSR count). The van der Waals surface area contributed by atoms with Crippen LogP contribution >= 0.6 is 0 Å². The van der Waals surface area contributed by atoms with Crippen molar-refractivity contribution in [3.8, 4) is 0 Å². The molecule has 1 saturated carbocycles. The topological polar surface area (TPSA) is 63.2 Å².